The van der Waals surface area contributed by atoms with E-state index in [2.05, 4.69) is 5.32 Å². The maximum Gasteiger partial charge on any atom is 0.290 e. The molecule has 0 spiro atoms. The second-order valence-electron chi connectivity index (χ2n) is 6.40. The van der Waals surface area contributed by atoms with Crippen LogP contribution in [0.15, 0.2) is 41.0 Å². The summed E-state index contributed by atoms with van der Waals surface area (Å²) >= 11 is 0. The van der Waals surface area contributed by atoms with Crippen LogP contribution in [-0.4, -0.2) is 35.9 Å². The fourth-order valence-corrected chi connectivity index (χ4v) is 3.48. The lowest BCUT2D eigenvalue weighted by Crippen LogP contribution is -2.49. The third-order valence-corrected chi connectivity index (χ3v) is 4.76. The number of rotatable bonds is 3. The topological polar surface area (TPSA) is 71.8 Å². The Morgan fingerprint density at radius 1 is 1.20 bits per heavy atom. The van der Waals surface area contributed by atoms with Gasteiger partial charge in [0.2, 0.25) is 5.91 Å². The van der Waals surface area contributed by atoms with Crippen LogP contribution in [0.1, 0.15) is 35.4 Å². The van der Waals surface area contributed by atoms with E-state index in [1.165, 1.54) is 6.26 Å². The van der Waals surface area contributed by atoms with Crippen molar-refractivity contribution in [1.29, 1.82) is 0 Å². The first kappa shape index (κ1) is 15.7. The maximum atomic E-state index is 12.8. The lowest BCUT2D eigenvalue weighted by atomic mass is 10.0. The molecule has 0 saturated carbocycles. The zero-order valence-electron chi connectivity index (χ0n) is 13.9. The summed E-state index contributed by atoms with van der Waals surface area (Å²) in [6.07, 6.45) is 4.81. The average Bonchev–Trinajstić information content (AvgIpc) is 3.32. The van der Waals surface area contributed by atoms with E-state index in [-0.39, 0.29) is 17.6 Å². The number of carbonyl (C=O) groups excluding carboxylic acids is 2. The van der Waals surface area contributed by atoms with Gasteiger partial charge in [0.15, 0.2) is 5.76 Å². The van der Waals surface area contributed by atoms with Crippen LogP contribution in [0.4, 0.5) is 5.69 Å². The Kier molecular flexibility index (Phi) is 4.17. The molecule has 1 saturated heterocycles. The number of nitrogens with one attached hydrogen (secondary N) is 1. The number of hydrogen-bond donors (Lipinski definition) is 1. The highest BCUT2D eigenvalue weighted by molar-refractivity contribution is 6.00. The first-order chi connectivity index (χ1) is 12.2. The highest BCUT2D eigenvalue weighted by Gasteiger charge is 2.33. The number of hydrogen-bond acceptors (Lipinski definition) is 4. The van der Waals surface area contributed by atoms with Crippen LogP contribution < -0.4 is 10.1 Å². The SMILES string of the molecule is O=C(Nc1ccc2c(c1)CCO2)[C@H]1CCCCN1C(=O)c1ccco1. The van der Waals surface area contributed by atoms with Gasteiger partial charge in [0.1, 0.15) is 11.8 Å². The number of carbonyl (C=O) groups is 2. The number of amides is 2. The quantitative estimate of drug-likeness (QED) is 0.932. The summed E-state index contributed by atoms with van der Waals surface area (Å²) in [6, 6.07) is 8.50. The third kappa shape index (κ3) is 3.12. The molecule has 2 aliphatic heterocycles. The van der Waals surface area contributed by atoms with Gasteiger partial charge in [-0.3, -0.25) is 9.59 Å². The van der Waals surface area contributed by atoms with Crippen LogP contribution >= 0.6 is 0 Å². The second kappa shape index (κ2) is 6.63. The number of nitrogens with zero attached hydrogens (tertiary/aromatic N) is 1. The molecule has 6 heteroatoms. The first-order valence-electron chi connectivity index (χ1n) is 8.63. The highest BCUT2D eigenvalue weighted by atomic mass is 16.5. The number of likely N-dealkylation sites (tertiary alicyclic amines) is 1. The van der Waals surface area contributed by atoms with Crippen molar-refractivity contribution in [2.45, 2.75) is 31.7 Å². The molecule has 25 heavy (non-hydrogen) atoms. The van der Waals surface area contributed by atoms with Crippen LogP contribution in [0.25, 0.3) is 0 Å². The molecular weight excluding hydrogens is 320 g/mol. The van der Waals surface area contributed by atoms with Gasteiger partial charge in [-0.15, -0.1) is 0 Å². The molecule has 4 rings (SSSR count). The molecule has 0 aliphatic carbocycles. The molecule has 1 atom stereocenters. The van der Waals surface area contributed by atoms with Gasteiger partial charge in [-0.25, -0.2) is 0 Å². The summed E-state index contributed by atoms with van der Waals surface area (Å²) in [7, 11) is 0. The lowest BCUT2D eigenvalue weighted by Gasteiger charge is -2.34. The van der Waals surface area contributed by atoms with Gasteiger partial charge in [0, 0.05) is 18.7 Å². The summed E-state index contributed by atoms with van der Waals surface area (Å²) in [6.45, 7) is 1.25. The normalized spacial score (nSPS) is 19.2. The van der Waals surface area contributed by atoms with Gasteiger partial charge < -0.3 is 19.4 Å². The van der Waals surface area contributed by atoms with Crippen LogP contribution in [0, 0.1) is 0 Å². The van der Waals surface area contributed by atoms with Gasteiger partial charge in [-0.05, 0) is 55.2 Å². The first-order valence-corrected chi connectivity index (χ1v) is 8.63. The Labute approximate surface area is 145 Å². The smallest absolute Gasteiger partial charge is 0.290 e. The van der Waals surface area contributed by atoms with Crippen molar-refractivity contribution >= 4 is 17.5 Å². The van der Waals surface area contributed by atoms with E-state index in [0.717, 1.165) is 36.3 Å². The zero-order valence-corrected chi connectivity index (χ0v) is 13.9. The summed E-state index contributed by atoms with van der Waals surface area (Å²) < 4.78 is 10.7. The molecule has 1 N–H and O–H groups in total. The second-order valence-corrected chi connectivity index (χ2v) is 6.40. The van der Waals surface area contributed by atoms with Crippen LogP contribution in [-0.2, 0) is 11.2 Å². The van der Waals surface area contributed by atoms with Crippen LogP contribution in [0.2, 0.25) is 0 Å². The number of ether oxygens (including phenoxy) is 1. The van der Waals surface area contributed by atoms with Crippen molar-refractivity contribution in [1.82, 2.24) is 4.90 Å². The minimum absolute atomic E-state index is 0.154. The Balaban J connectivity index is 1.50. The van der Waals surface area contributed by atoms with Gasteiger partial charge in [0.05, 0.1) is 12.9 Å². The molecule has 1 aromatic carbocycles. The molecule has 2 aliphatic rings. The maximum absolute atomic E-state index is 12.8. The molecule has 2 amide bonds. The fraction of sp³-hybridized carbons (Fsp3) is 0.368. The molecule has 6 nitrogen and oxygen atoms in total. The van der Waals surface area contributed by atoms with E-state index in [0.29, 0.717) is 19.6 Å². The Morgan fingerprint density at radius 3 is 2.96 bits per heavy atom. The molecule has 2 aromatic rings. The average molecular weight is 340 g/mol. The fourth-order valence-electron chi connectivity index (χ4n) is 3.48. The van der Waals surface area contributed by atoms with E-state index in [1.54, 1.807) is 17.0 Å². The number of furan rings is 1. The number of piperidine rings is 1. The van der Waals surface area contributed by atoms with Crippen LogP contribution in [0.5, 0.6) is 5.75 Å². The van der Waals surface area contributed by atoms with Gasteiger partial charge >= 0.3 is 0 Å². The third-order valence-electron chi connectivity index (χ3n) is 4.76. The predicted octanol–water partition coefficient (Wildman–Crippen LogP) is 2.85. The molecular formula is C19H20N2O4. The van der Waals surface area contributed by atoms with Crippen molar-refractivity contribution in [2.75, 3.05) is 18.5 Å². The highest BCUT2D eigenvalue weighted by Crippen LogP contribution is 2.28. The summed E-state index contributed by atoms with van der Waals surface area (Å²) in [4.78, 5) is 27.0. The zero-order chi connectivity index (χ0) is 17.2. The Morgan fingerprint density at radius 2 is 2.12 bits per heavy atom. The molecule has 0 unspecified atom stereocenters. The molecule has 1 aromatic heterocycles. The van der Waals surface area contributed by atoms with Crippen molar-refractivity contribution < 1.29 is 18.7 Å². The molecule has 130 valence electrons. The van der Waals surface area contributed by atoms with Crippen molar-refractivity contribution in [2.24, 2.45) is 0 Å². The van der Waals surface area contributed by atoms with E-state index in [4.69, 9.17) is 9.15 Å². The van der Waals surface area contributed by atoms with Crippen LogP contribution in [0.3, 0.4) is 0 Å². The van der Waals surface area contributed by atoms with E-state index in [9.17, 15) is 9.59 Å². The minimum atomic E-state index is -0.476. The monoisotopic (exact) mass is 340 g/mol. The Bertz CT molecular complexity index is 785. The largest absolute Gasteiger partial charge is 0.493 e. The van der Waals surface area contributed by atoms with Gasteiger partial charge in [0.25, 0.3) is 5.91 Å². The van der Waals surface area contributed by atoms with Crippen molar-refractivity contribution in [3.8, 4) is 5.75 Å². The van der Waals surface area contributed by atoms with E-state index < -0.39 is 6.04 Å². The molecule has 0 bridgehead atoms. The predicted molar refractivity (Wildman–Crippen MR) is 91.7 cm³/mol. The Hall–Kier alpha value is -2.76. The lowest BCUT2D eigenvalue weighted by molar-refractivity contribution is -0.121. The number of benzene rings is 1. The van der Waals surface area contributed by atoms with E-state index in [1.807, 2.05) is 18.2 Å². The standard InChI is InChI=1S/C19H20N2O4/c22-18(20-14-6-7-16-13(12-14)8-11-25-16)15-4-1-2-9-21(15)19(23)17-5-3-10-24-17/h3,5-7,10,12,15H,1-2,4,8-9,11H2,(H,20,22)/t15-/m1/s1. The van der Waals surface area contributed by atoms with Crippen molar-refractivity contribution in [3.05, 3.63) is 47.9 Å². The molecule has 1 fully saturated rings. The molecule has 3 heterocycles. The van der Waals surface area contributed by atoms with Gasteiger partial charge in [-0.1, -0.05) is 0 Å². The summed E-state index contributed by atoms with van der Waals surface area (Å²) in [5.41, 5.74) is 1.84. The van der Waals surface area contributed by atoms with Crippen molar-refractivity contribution in [3.63, 3.8) is 0 Å². The summed E-state index contributed by atoms with van der Waals surface area (Å²) in [5.74, 6) is 0.769. The molecule has 0 radical (unpaired) electrons. The van der Waals surface area contributed by atoms with Gasteiger partial charge in [-0.2, -0.15) is 0 Å². The minimum Gasteiger partial charge on any atom is -0.493 e. The van der Waals surface area contributed by atoms with E-state index >= 15 is 0 Å². The summed E-state index contributed by atoms with van der Waals surface area (Å²) in [5, 5.41) is 2.95. The number of anilines is 1. The number of fused-ring (bicyclic) bond motifs is 1.